The summed E-state index contributed by atoms with van der Waals surface area (Å²) in [6.45, 7) is 6.64. The number of nitrogens with two attached hydrogens (primary N) is 1. The molecule has 1 aliphatic heterocycles. The Morgan fingerprint density at radius 2 is 1.95 bits per heavy atom. The Hall–Kier alpha value is -0.970. The van der Waals surface area contributed by atoms with E-state index >= 15 is 0 Å². The summed E-state index contributed by atoms with van der Waals surface area (Å²) in [6, 6.07) is 3.26. The lowest BCUT2D eigenvalue weighted by atomic mass is 9.81. The lowest BCUT2D eigenvalue weighted by Gasteiger charge is -2.39. The minimum absolute atomic E-state index is 0. The van der Waals surface area contributed by atoms with E-state index in [-0.39, 0.29) is 41.5 Å². The zero-order valence-electron chi connectivity index (χ0n) is 11.5. The Balaban J connectivity index is 0.00000180. The molecule has 0 aromatic heterocycles. The van der Waals surface area contributed by atoms with Gasteiger partial charge in [-0.25, -0.2) is 0 Å². The molecule has 0 amide bonds. The van der Waals surface area contributed by atoms with E-state index in [0.717, 1.165) is 11.1 Å². The monoisotopic (exact) mass is 287 g/mol. The average Bonchev–Trinajstić information content (AvgIpc) is 2.31. The maximum Gasteiger partial charge on any atom is 0.161 e. The first kappa shape index (κ1) is 16.1. The molecule has 1 aliphatic rings. The summed E-state index contributed by atoms with van der Waals surface area (Å²) in [6.07, 6.45) is 0.353. The summed E-state index contributed by atoms with van der Waals surface area (Å²) >= 11 is 0. The van der Waals surface area contributed by atoms with Crippen LogP contribution in [-0.4, -0.2) is 22.9 Å². The minimum atomic E-state index is -0.218. The van der Waals surface area contributed by atoms with Gasteiger partial charge in [0.2, 0.25) is 0 Å². The van der Waals surface area contributed by atoms with Crippen molar-refractivity contribution in [2.45, 2.75) is 39.4 Å². The molecule has 2 atom stereocenters. The van der Waals surface area contributed by atoms with Crippen LogP contribution in [0, 0.1) is 5.41 Å². The van der Waals surface area contributed by atoms with E-state index in [1.165, 1.54) is 6.07 Å². The van der Waals surface area contributed by atoms with E-state index in [1.54, 1.807) is 6.07 Å². The number of phenolic OH excluding ortho intramolecular Hbond substituents is 2. The van der Waals surface area contributed by atoms with Crippen molar-refractivity contribution in [2.24, 2.45) is 11.1 Å². The third kappa shape index (κ3) is 2.96. The number of benzene rings is 1. The first-order valence-corrected chi connectivity index (χ1v) is 6.23. The van der Waals surface area contributed by atoms with E-state index in [9.17, 15) is 10.2 Å². The van der Waals surface area contributed by atoms with Crippen molar-refractivity contribution >= 4 is 12.4 Å². The predicted octanol–water partition coefficient (Wildman–Crippen LogP) is 2.51. The van der Waals surface area contributed by atoms with Gasteiger partial charge in [0, 0.05) is 18.5 Å². The van der Waals surface area contributed by atoms with Crippen molar-refractivity contribution in [2.75, 3.05) is 6.54 Å². The van der Waals surface area contributed by atoms with Gasteiger partial charge in [-0.1, -0.05) is 26.8 Å². The number of hydrogen-bond donors (Lipinski definition) is 3. The lowest BCUT2D eigenvalue weighted by molar-refractivity contribution is -0.0747. The lowest BCUT2D eigenvalue weighted by Crippen LogP contribution is -2.38. The SMILES string of the molecule is CC(C)(C)[C@H]1Cc2c(ccc(O)c2O)[C@@H](CN)O1.Cl. The van der Waals surface area contributed by atoms with Crippen molar-refractivity contribution in [3.63, 3.8) is 0 Å². The van der Waals surface area contributed by atoms with Gasteiger partial charge in [-0.2, -0.15) is 0 Å². The number of rotatable bonds is 1. The fourth-order valence-corrected chi connectivity index (χ4v) is 2.35. The number of hydrogen-bond acceptors (Lipinski definition) is 4. The molecule has 19 heavy (non-hydrogen) atoms. The van der Waals surface area contributed by atoms with Crippen LogP contribution in [0.15, 0.2) is 12.1 Å². The first-order valence-electron chi connectivity index (χ1n) is 6.23. The molecule has 0 saturated heterocycles. The van der Waals surface area contributed by atoms with Crippen molar-refractivity contribution in [3.05, 3.63) is 23.3 Å². The van der Waals surface area contributed by atoms with Crippen LogP contribution in [0.1, 0.15) is 38.0 Å². The Labute approximate surface area is 120 Å². The molecular formula is C14H22ClNO3. The molecule has 0 unspecified atom stereocenters. The molecule has 0 saturated carbocycles. The van der Waals surface area contributed by atoms with Gasteiger partial charge in [0.1, 0.15) is 0 Å². The van der Waals surface area contributed by atoms with Gasteiger partial charge in [-0.3, -0.25) is 0 Å². The second-order valence-electron chi connectivity index (χ2n) is 5.92. The van der Waals surface area contributed by atoms with Crippen molar-refractivity contribution < 1.29 is 14.9 Å². The van der Waals surface area contributed by atoms with Crippen LogP contribution in [0.2, 0.25) is 0 Å². The van der Waals surface area contributed by atoms with Gasteiger partial charge in [0.25, 0.3) is 0 Å². The van der Waals surface area contributed by atoms with Crippen LogP contribution in [0.3, 0.4) is 0 Å². The van der Waals surface area contributed by atoms with Crippen LogP contribution in [0.5, 0.6) is 11.5 Å². The van der Waals surface area contributed by atoms with E-state index in [2.05, 4.69) is 20.8 Å². The summed E-state index contributed by atoms with van der Waals surface area (Å²) in [4.78, 5) is 0. The number of fused-ring (bicyclic) bond motifs is 1. The fraction of sp³-hybridized carbons (Fsp3) is 0.571. The minimum Gasteiger partial charge on any atom is -0.504 e. The molecule has 1 aromatic carbocycles. The molecular weight excluding hydrogens is 266 g/mol. The summed E-state index contributed by atoms with van der Waals surface area (Å²) in [5.74, 6) is -0.123. The average molecular weight is 288 g/mol. The molecule has 5 heteroatoms. The van der Waals surface area contributed by atoms with Gasteiger partial charge in [-0.15, -0.1) is 12.4 Å². The Morgan fingerprint density at radius 1 is 1.32 bits per heavy atom. The second-order valence-corrected chi connectivity index (χ2v) is 5.92. The van der Waals surface area contributed by atoms with Crippen LogP contribution < -0.4 is 5.73 Å². The zero-order chi connectivity index (χ0) is 13.5. The maximum absolute atomic E-state index is 9.99. The molecule has 1 aromatic rings. The third-order valence-corrected chi connectivity index (χ3v) is 3.54. The van der Waals surface area contributed by atoms with Gasteiger partial charge >= 0.3 is 0 Å². The van der Waals surface area contributed by atoms with E-state index in [4.69, 9.17) is 10.5 Å². The number of halogens is 1. The molecule has 0 bridgehead atoms. The van der Waals surface area contributed by atoms with Gasteiger partial charge in [0.05, 0.1) is 12.2 Å². The highest BCUT2D eigenvalue weighted by atomic mass is 35.5. The number of ether oxygens (including phenoxy) is 1. The molecule has 108 valence electrons. The Morgan fingerprint density at radius 3 is 2.47 bits per heavy atom. The summed E-state index contributed by atoms with van der Waals surface area (Å²) in [7, 11) is 0. The molecule has 0 fully saturated rings. The first-order chi connectivity index (χ1) is 8.34. The van der Waals surface area contributed by atoms with Gasteiger partial charge in [0.15, 0.2) is 11.5 Å². The molecule has 4 nitrogen and oxygen atoms in total. The zero-order valence-corrected chi connectivity index (χ0v) is 12.3. The van der Waals surface area contributed by atoms with Crippen LogP contribution >= 0.6 is 12.4 Å². The van der Waals surface area contributed by atoms with Crippen LogP contribution in [-0.2, 0) is 11.2 Å². The predicted molar refractivity (Wildman–Crippen MR) is 76.8 cm³/mol. The van der Waals surface area contributed by atoms with E-state index in [1.807, 2.05) is 0 Å². The van der Waals surface area contributed by atoms with Crippen molar-refractivity contribution in [1.82, 2.24) is 0 Å². The topological polar surface area (TPSA) is 75.7 Å². The van der Waals surface area contributed by atoms with Gasteiger partial charge in [-0.05, 0) is 17.0 Å². The summed E-state index contributed by atoms with van der Waals surface area (Å²) in [5, 5.41) is 19.6. The summed E-state index contributed by atoms with van der Waals surface area (Å²) in [5.41, 5.74) is 7.35. The number of aromatic hydroxyl groups is 2. The molecule has 1 heterocycles. The molecule has 4 N–H and O–H groups in total. The quantitative estimate of drug-likeness (QED) is 0.694. The van der Waals surface area contributed by atoms with E-state index < -0.39 is 0 Å². The smallest absolute Gasteiger partial charge is 0.161 e. The molecule has 0 radical (unpaired) electrons. The van der Waals surface area contributed by atoms with Crippen molar-refractivity contribution in [1.29, 1.82) is 0 Å². The van der Waals surface area contributed by atoms with Crippen LogP contribution in [0.25, 0.3) is 0 Å². The maximum atomic E-state index is 9.99. The standard InChI is InChI=1S/C14H21NO3.ClH/c1-14(2,3)12-6-9-8(11(7-15)18-12)4-5-10(16)13(9)17;/h4-5,11-12,16-17H,6-7,15H2,1-3H3;1H/t11-,12-;/m1./s1. The Kier molecular flexibility index (Phi) is 4.72. The summed E-state index contributed by atoms with van der Waals surface area (Å²) < 4.78 is 6.00. The van der Waals surface area contributed by atoms with Crippen molar-refractivity contribution in [3.8, 4) is 11.5 Å². The second kappa shape index (κ2) is 5.57. The molecule has 2 rings (SSSR count). The van der Waals surface area contributed by atoms with E-state index in [0.29, 0.717) is 13.0 Å². The van der Waals surface area contributed by atoms with Crippen LogP contribution in [0.4, 0.5) is 0 Å². The third-order valence-electron chi connectivity index (χ3n) is 3.54. The molecule has 0 aliphatic carbocycles. The Bertz CT molecular complexity index is 457. The normalized spacial score (nSPS) is 22.5. The van der Waals surface area contributed by atoms with Gasteiger partial charge < -0.3 is 20.7 Å². The fourth-order valence-electron chi connectivity index (χ4n) is 2.35. The number of phenols is 2. The highest BCUT2D eigenvalue weighted by Crippen LogP contribution is 2.43. The largest absolute Gasteiger partial charge is 0.504 e. The highest BCUT2D eigenvalue weighted by Gasteiger charge is 2.35. The highest BCUT2D eigenvalue weighted by molar-refractivity contribution is 5.85. The molecule has 0 spiro atoms.